The van der Waals surface area contributed by atoms with Crippen LogP contribution in [0.5, 0.6) is 0 Å². The van der Waals surface area contributed by atoms with E-state index in [9.17, 15) is 4.79 Å². The molecule has 0 bridgehead atoms. The van der Waals surface area contributed by atoms with Crippen LogP contribution in [-0.4, -0.2) is 5.91 Å². The number of amides is 1. The minimum Gasteiger partial charge on any atom is -0.325 e. The first-order valence-corrected chi connectivity index (χ1v) is 5.20. The topological polar surface area (TPSA) is 29.1 Å². The Hall–Kier alpha value is -0.206. The fraction of sp³-hybridized carbons (Fsp3) is 0.462. The van der Waals surface area contributed by atoms with Crippen molar-refractivity contribution in [1.29, 1.82) is 0 Å². The van der Waals surface area contributed by atoms with Crippen LogP contribution in [0.2, 0.25) is 0 Å². The number of carbonyl (C=O) groups is 1. The Balaban J connectivity index is 0.00000225. The molecule has 0 unspecified atom stereocenters. The normalized spacial score (nSPS) is 10.6. The van der Waals surface area contributed by atoms with E-state index in [0.717, 1.165) is 16.8 Å². The third kappa shape index (κ3) is 3.99. The summed E-state index contributed by atoms with van der Waals surface area (Å²) >= 11 is 0. The molecule has 1 radical (unpaired) electrons. The van der Waals surface area contributed by atoms with Crippen LogP contribution in [0.15, 0.2) is 18.2 Å². The van der Waals surface area contributed by atoms with Crippen molar-refractivity contribution in [1.82, 2.24) is 0 Å². The van der Waals surface area contributed by atoms with Crippen molar-refractivity contribution < 1.29 is 37.5 Å². The number of hydrogen-bond donors (Lipinski definition) is 1. The Morgan fingerprint density at radius 3 is 1.94 bits per heavy atom. The van der Waals surface area contributed by atoms with Gasteiger partial charge in [-0.05, 0) is 25.0 Å². The fourth-order valence-electron chi connectivity index (χ4n) is 1.31. The number of benzene rings is 1. The molecular weight excluding hydrogens is 275 g/mol. The van der Waals surface area contributed by atoms with E-state index >= 15 is 0 Å². The molecule has 1 N–H and O–H groups in total. The second-order valence-corrected chi connectivity index (χ2v) is 4.97. The largest absolute Gasteiger partial charge is 0.325 e. The summed E-state index contributed by atoms with van der Waals surface area (Å²) in [5.41, 5.74) is 2.80. The molecule has 0 heterocycles. The van der Waals surface area contributed by atoms with Gasteiger partial charge < -0.3 is 5.32 Å². The predicted molar refractivity (Wildman–Crippen MR) is 64.0 cm³/mol. The van der Waals surface area contributed by atoms with Gasteiger partial charge in [-0.3, -0.25) is 4.79 Å². The van der Waals surface area contributed by atoms with Gasteiger partial charge in [-0.15, -0.1) is 0 Å². The van der Waals surface area contributed by atoms with E-state index in [4.69, 9.17) is 0 Å². The van der Waals surface area contributed by atoms with Crippen molar-refractivity contribution in [2.24, 2.45) is 5.41 Å². The summed E-state index contributed by atoms with van der Waals surface area (Å²) < 4.78 is 0. The van der Waals surface area contributed by atoms with Crippen LogP contribution in [0.25, 0.3) is 0 Å². The Bertz CT molecular complexity index is 360. The zero-order valence-electron chi connectivity index (χ0n) is 10.7. The maximum absolute atomic E-state index is 11.8. The van der Waals surface area contributed by atoms with Crippen molar-refractivity contribution in [3.8, 4) is 0 Å². The quantitative estimate of drug-likeness (QED) is 0.846. The van der Waals surface area contributed by atoms with E-state index in [1.807, 2.05) is 52.8 Å². The second kappa shape index (κ2) is 5.93. The number of nitrogens with one attached hydrogen (secondary N) is 1. The molecule has 85 valence electrons. The molecule has 0 aliphatic rings. The van der Waals surface area contributed by atoms with Crippen molar-refractivity contribution in [2.75, 3.05) is 5.32 Å². The molecule has 0 atom stereocenters. The minimum absolute atomic E-state index is 0. The van der Waals surface area contributed by atoms with Crippen molar-refractivity contribution >= 4 is 11.6 Å². The van der Waals surface area contributed by atoms with Gasteiger partial charge in [-0.1, -0.05) is 39.0 Å². The Morgan fingerprint density at radius 1 is 1.12 bits per heavy atom. The summed E-state index contributed by atoms with van der Waals surface area (Å²) in [5.74, 6) is 0.0555. The predicted octanol–water partition coefficient (Wildman–Crippen LogP) is 3.29. The van der Waals surface area contributed by atoms with Crippen LogP contribution in [0.4, 0.5) is 5.69 Å². The zero-order chi connectivity index (χ0) is 11.6. The molecule has 16 heavy (non-hydrogen) atoms. The number of hydrogen-bond acceptors (Lipinski definition) is 1. The van der Waals surface area contributed by atoms with E-state index in [1.54, 1.807) is 0 Å². The monoisotopic (exact) mass is 294 g/mol. The molecule has 2 nitrogen and oxygen atoms in total. The molecule has 1 amide bonds. The van der Waals surface area contributed by atoms with Gasteiger partial charge in [-0.25, -0.2) is 0 Å². The third-order valence-corrected chi connectivity index (χ3v) is 2.40. The van der Waals surface area contributed by atoms with Crippen molar-refractivity contribution in [3.05, 3.63) is 29.3 Å². The number of carbonyl (C=O) groups excluding carboxylic acids is 1. The molecule has 1 aromatic carbocycles. The Labute approximate surface area is 123 Å². The van der Waals surface area contributed by atoms with Gasteiger partial charge in [0.05, 0.1) is 0 Å². The van der Waals surface area contributed by atoms with E-state index in [2.05, 4.69) is 5.32 Å². The van der Waals surface area contributed by atoms with E-state index in [1.165, 1.54) is 0 Å². The summed E-state index contributed by atoms with van der Waals surface area (Å²) in [6, 6.07) is 6.01. The number of para-hydroxylation sites is 1. The molecule has 0 fully saturated rings. The molecule has 0 aromatic heterocycles. The van der Waals surface area contributed by atoms with Crippen LogP contribution < -0.4 is 5.32 Å². The minimum atomic E-state index is -0.352. The molecule has 3 heteroatoms. The van der Waals surface area contributed by atoms with Crippen LogP contribution in [0.1, 0.15) is 31.9 Å². The average Bonchev–Trinajstić information content (AvgIpc) is 2.09. The first-order valence-electron chi connectivity index (χ1n) is 5.20. The zero-order valence-corrected chi connectivity index (χ0v) is 13.6. The van der Waals surface area contributed by atoms with Gasteiger partial charge in [0.15, 0.2) is 0 Å². The molecular formula is C13H19NOY. The Morgan fingerprint density at radius 2 is 1.56 bits per heavy atom. The maximum Gasteiger partial charge on any atom is 0.229 e. The molecule has 0 aliphatic heterocycles. The van der Waals surface area contributed by atoms with Gasteiger partial charge >= 0.3 is 0 Å². The van der Waals surface area contributed by atoms with Gasteiger partial charge in [-0.2, -0.15) is 0 Å². The standard InChI is InChI=1S/C13H19NO.Y/c1-9-7-6-8-10(2)11(9)14-12(15)13(3,4)5;/h6-8H,1-5H3,(H,14,15);. The van der Waals surface area contributed by atoms with Gasteiger partial charge in [0, 0.05) is 43.8 Å². The molecule has 0 spiro atoms. The first-order chi connectivity index (χ1) is 6.82. The molecule has 0 saturated heterocycles. The van der Waals surface area contributed by atoms with Crippen LogP contribution in [-0.2, 0) is 37.5 Å². The molecule has 0 aliphatic carbocycles. The van der Waals surface area contributed by atoms with Crippen LogP contribution in [0, 0.1) is 19.3 Å². The Kier molecular flexibility index (Phi) is 5.85. The summed E-state index contributed by atoms with van der Waals surface area (Å²) in [5, 5.41) is 2.98. The van der Waals surface area contributed by atoms with Crippen molar-refractivity contribution in [3.63, 3.8) is 0 Å². The molecule has 1 rings (SSSR count). The fourth-order valence-corrected chi connectivity index (χ4v) is 1.31. The van der Waals surface area contributed by atoms with Crippen LogP contribution >= 0.6 is 0 Å². The number of anilines is 1. The average molecular weight is 294 g/mol. The van der Waals surface area contributed by atoms with Gasteiger partial charge in [0.25, 0.3) is 0 Å². The third-order valence-electron chi connectivity index (χ3n) is 2.40. The molecule has 1 aromatic rings. The van der Waals surface area contributed by atoms with E-state index < -0.39 is 0 Å². The summed E-state index contributed by atoms with van der Waals surface area (Å²) in [7, 11) is 0. The van der Waals surface area contributed by atoms with E-state index in [-0.39, 0.29) is 44.0 Å². The summed E-state index contributed by atoms with van der Waals surface area (Å²) in [4.78, 5) is 11.8. The maximum atomic E-state index is 11.8. The van der Waals surface area contributed by atoms with Crippen LogP contribution in [0.3, 0.4) is 0 Å². The second-order valence-electron chi connectivity index (χ2n) is 4.97. The first kappa shape index (κ1) is 15.8. The summed E-state index contributed by atoms with van der Waals surface area (Å²) in [6.45, 7) is 9.75. The molecule has 0 saturated carbocycles. The number of rotatable bonds is 1. The van der Waals surface area contributed by atoms with Gasteiger partial charge in [0.2, 0.25) is 5.91 Å². The van der Waals surface area contributed by atoms with Gasteiger partial charge in [0.1, 0.15) is 0 Å². The smallest absolute Gasteiger partial charge is 0.229 e. The SMILES string of the molecule is Cc1cccc(C)c1NC(=O)C(C)(C)C.[Y]. The summed E-state index contributed by atoms with van der Waals surface area (Å²) in [6.07, 6.45) is 0. The number of aryl methyl sites for hydroxylation is 2. The van der Waals surface area contributed by atoms with Crippen molar-refractivity contribution in [2.45, 2.75) is 34.6 Å². The van der Waals surface area contributed by atoms with E-state index in [0.29, 0.717) is 0 Å².